The molecule has 190 valence electrons. The van der Waals surface area contributed by atoms with E-state index in [9.17, 15) is 9.90 Å². The van der Waals surface area contributed by atoms with E-state index in [1.165, 1.54) is 51.0 Å². The first-order valence-corrected chi connectivity index (χ1v) is 13.6. The van der Waals surface area contributed by atoms with Crippen molar-refractivity contribution in [2.24, 2.45) is 23.7 Å². The van der Waals surface area contributed by atoms with E-state index in [0.717, 1.165) is 26.6 Å². The number of nitrogens with zero attached hydrogens (tertiary/aromatic N) is 1. The fraction of sp³-hybridized carbons (Fsp3) is 0.481. The van der Waals surface area contributed by atoms with E-state index in [1.54, 1.807) is 12.1 Å². The van der Waals surface area contributed by atoms with Gasteiger partial charge in [0.1, 0.15) is 15.8 Å². The zero-order valence-electron chi connectivity index (χ0n) is 20.0. The first-order valence-electron chi connectivity index (χ1n) is 12.4. The summed E-state index contributed by atoms with van der Waals surface area (Å²) in [7, 11) is 1.50. The number of carboxylic acid groups (broad SMARTS) is 1. The molecule has 7 nitrogen and oxygen atoms in total. The third-order valence-electron chi connectivity index (χ3n) is 8.14. The van der Waals surface area contributed by atoms with Gasteiger partial charge in [-0.1, -0.05) is 24.0 Å². The number of carbonyl (C=O) groups is 1. The van der Waals surface area contributed by atoms with Crippen molar-refractivity contribution in [2.45, 2.75) is 44.4 Å². The summed E-state index contributed by atoms with van der Waals surface area (Å²) in [5.74, 6) is 3.93. The van der Waals surface area contributed by atoms with Crippen LogP contribution in [0.15, 0.2) is 39.7 Å². The highest BCUT2D eigenvalue weighted by Crippen LogP contribution is 2.57. The molecule has 1 aliphatic heterocycles. The number of furan rings is 1. The quantitative estimate of drug-likeness (QED) is 0.469. The Hall–Kier alpha value is -2.49. The summed E-state index contributed by atoms with van der Waals surface area (Å²) < 4.78 is 17.5. The summed E-state index contributed by atoms with van der Waals surface area (Å²) in [6.07, 6.45) is 7.62. The molecule has 1 aromatic heterocycles. The number of thiocarbonyl (C=S) groups is 1. The van der Waals surface area contributed by atoms with E-state index in [4.69, 9.17) is 31.2 Å². The molecular formula is C27H29NO6S2. The maximum atomic E-state index is 11.3. The van der Waals surface area contributed by atoms with Gasteiger partial charge in [0, 0.05) is 16.5 Å². The third kappa shape index (κ3) is 4.31. The van der Waals surface area contributed by atoms with Gasteiger partial charge in [-0.2, -0.15) is 0 Å². The summed E-state index contributed by atoms with van der Waals surface area (Å²) in [6.45, 7) is -0.467. The van der Waals surface area contributed by atoms with Crippen LogP contribution in [0.1, 0.15) is 37.9 Å². The van der Waals surface area contributed by atoms with Crippen molar-refractivity contribution in [3.63, 3.8) is 0 Å². The minimum Gasteiger partial charge on any atom is -0.493 e. The molecule has 0 amide bonds. The molecule has 1 atom stereocenters. The molecule has 1 unspecified atom stereocenters. The van der Waals surface area contributed by atoms with Crippen molar-refractivity contribution in [1.29, 1.82) is 0 Å². The molecule has 5 aliphatic rings. The molecule has 9 heteroatoms. The van der Waals surface area contributed by atoms with Crippen LogP contribution < -0.4 is 9.47 Å². The number of aliphatic carboxylic acids is 1. The Balaban J connectivity index is 1.21. The van der Waals surface area contributed by atoms with Crippen LogP contribution in [0.4, 0.5) is 0 Å². The average Bonchev–Trinajstić information content (AvgIpc) is 3.42. The SMILES string of the molecule is COc1ccc(-c2ccc(C=C3SC(=S)N(C4C5CC6CC(C5)CC4C6)C3O)o2)cc1OCC(=O)O. The van der Waals surface area contributed by atoms with Gasteiger partial charge in [0.25, 0.3) is 0 Å². The van der Waals surface area contributed by atoms with Crippen molar-refractivity contribution in [3.8, 4) is 22.8 Å². The van der Waals surface area contributed by atoms with Gasteiger partial charge in [0.15, 0.2) is 24.3 Å². The number of carboxylic acids is 1. The second-order valence-electron chi connectivity index (χ2n) is 10.4. The lowest BCUT2D eigenvalue weighted by Gasteiger charge is -2.57. The maximum Gasteiger partial charge on any atom is 0.341 e. The number of hydrogen-bond acceptors (Lipinski definition) is 7. The molecular weight excluding hydrogens is 498 g/mol. The van der Waals surface area contributed by atoms with Crippen molar-refractivity contribution < 1.29 is 28.9 Å². The fourth-order valence-electron chi connectivity index (χ4n) is 6.99. The van der Waals surface area contributed by atoms with Crippen molar-refractivity contribution in [1.82, 2.24) is 4.90 Å². The topological polar surface area (TPSA) is 92.4 Å². The van der Waals surface area contributed by atoms with E-state index in [0.29, 0.717) is 40.9 Å². The van der Waals surface area contributed by atoms with Crippen LogP contribution in [0.25, 0.3) is 17.4 Å². The molecule has 2 aromatic rings. The Morgan fingerprint density at radius 1 is 1.14 bits per heavy atom. The van der Waals surface area contributed by atoms with Gasteiger partial charge in [-0.25, -0.2) is 4.79 Å². The van der Waals surface area contributed by atoms with Crippen molar-refractivity contribution in [3.05, 3.63) is 41.0 Å². The fourth-order valence-corrected chi connectivity index (χ4v) is 8.42. The highest BCUT2D eigenvalue weighted by Gasteiger charge is 2.53. The summed E-state index contributed by atoms with van der Waals surface area (Å²) in [5, 5.41) is 20.3. The van der Waals surface area contributed by atoms with Crippen LogP contribution in [0.3, 0.4) is 0 Å². The standard InChI is InChI=1S/C27H29NO6S2/c1-32-21-4-2-16(11-22(21)33-13-24(29)30)20-5-3-19(34-20)12-23-26(31)28(27(35)36-23)25-17-7-14-6-15(9-17)10-18(25)8-14/h2-5,11-12,14-15,17-18,25-26,31H,6-10,13H2,1H3,(H,29,30). The minimum absolute atomic E-state index is 0.326. The second-order valence-corrected chi connectivity index (χ2v) is 12.1. The first kappa shape index (κ1) is 23.9. The number of hydrogen-bond donors (Lipinski definition) is 2. The predicted octanol–water partition coefficient (Wildman–Crippen LogP) is 5.24. The molecule has 4 bridgehead atoms. The summed E-state index contributed by atoms with van der Waals surface area (Å²) >= 11 is 7.22. The van der Waals surface area contributed by atoms with Crippen LogP contribution in [-0.2, 0) is 4.79 Å². The molecule has 1 aromatic carbocycles. The van der Waals surface area contributed by atoms with Crippen LogP contribution in [-0.4, -0.2) is 51.4 Å². The Kier molecular flexibility index (Phi) is 6.25. The number of ether oxygens (including phenoxy) is 2. The summed E-state index contributed by atoms with van der Waals surface area (Å²) in [5.41, 5.74) is 0.728. The van der Waals surface area contributed by atoms with E-state index >= 15 is 0 Å². The van der Waals surface area contributed by atoms with Gasteiger partial charge in [0.05, 0.1) is 7.11 Å². The Labute approximate surface area is 219 Å². The van der Waals surface area contributed by atoms with E-state index in [-0.39, 0.29) is 0 Å². The van der Waals surface area contributed by atoms with Crippen LogP contribution in [0.2, 0.25) is 0 Å². The van der Waals surface area contributed by atoms with Crippen LogP contribution in [0, 0.1) is 23.7 Å². The Bertz CT molecular complexity index is 1190. The monoisotopic (exact) mass is 527 g/mol. The van der Waals surface area contributed by atoms with Gasteiger partial charge < -0.3 is 29.0 Å². The molecule has 0 spiro atoms. The molecule has 7 rings (SSSR count). The lowest BCUT2D eigenvalue weighted by molar-refractivity contribution is -0.139. The summed E-state index contributed by atoms with van der Waals surface area (Å²) in [6, 6.07) is 9.27. The molecule has 1 saturated heterocycles. The normalized spacial score (nSPS) is 31.9. The van der Waals surface area contributed by atoms with Gasteiger partial charge in [-0.15, -0.1) is 0 Å². The molecule has 2 heterocycles. The average molecular weight is 528 g/mol. The van der Waals surface area contributed by atoms with Crippen molar-refractivity contribution in [2.75, 3.05) is 13.7 Å². The molecule has 0 radical (unpaired) electrons. The number of benzene rings is 1. The molecule has 4 aliphatic carbocycles. The highest BCUT2D eigenvalue weighted by molar-refractivity contribution is 8.26. The predicted molar refractivity (Wildman–Crippen MR) is 141 cm³/mol. The Morgan fingerprint density at radius 2 is 1.86 bits per heavy atom. The number of rotatable bonds is 7. The zero-order chi connectivity index (χ0) is 25.0. The lowest BCUT2D eigenvalue weighted by atomic mass is 9.54. The van der Waals surface area contributed by atoms with E-state index in [1.807, 2.05) is 24.3 Å². The van der Waals surface area contributed by atoms with Gasteiger partial charge in [-0.05, 0) is 92.2 Å². The van der Waals surface area contributed by atoms with E-state index < -0.39 is 18.8 Å². The molecule has 2 N–H and O–H groups in total. The van der Waals surface area contributed by atoms with Crippen LogP contribution >= 0.6 is 24.0 Å². The number of aliphatic hydroxyl groups excluding tert-OH is 1. The Morgan fingerprint density at radius 3 is 2.53 bits per heavy atom. The largest absolute Gasteiger partial charge is 0.493 e. The number of methoxy groups -OCH3 is 1. The second kappa shape index (κ2) is 9.43. The summed E-state index contributed by atoms with van der Waals surface area (Å²) in [4.78, 5) is 13.8. The maximum absolute atomic E-state index is 11.3. The van der Waals surface area contributed by atoms with E-state index in [2.05, 4.69) is 4.90 Å². The van der Waals surface area contributed by atoms with Gasteiger partial charge in [0.2, 0.25) is 0 Å². The highest BCUT2D eigenvalue weighted by atomic mass is 32.2. The van der Waals surface area contributed by atoms with Gasteiger partial charge in [-0.3, -0.25) is 0 Å². The molecule has 4 saturated carbocycles. The number of thioether (sulfide) groups is 1. The molecule has 5 fully saturated rings. The minimum atomic E-state index is -1.07. The number of aliphatic hydroxyl groups is 1. The zero-order valence-corrected chi connectivity index (χ0v) is 21.6. The lowest BCUT2D eigenvalue weighted by Crippen LogP contribution is -2.57. The first-order chi connectivity index (χ1) is 17.4. The third-order valence-corrected chi connectivity index (χ3v) is 9.55. The van der Waals surface area contributed by atoms with Crippen molar-refractivity contribution >= 4 is 40.3 Å². The van der Waals surface area contributed by atoms with Gasteiger partial charge >= 0.3 is 5.97 Å². The smallest absolute Gasteiger partial charge is 0.341 e. The molecule has 36 heavy (non-hydrogen) atoms. The van der Waals surface area contributed by atoms with Crippen LogP contribution in [0.5, 0.6) is 11.5 Å².